The lowest BCUT2D eigenvalue weighted by molar-refractivity contribution is 0.629. The van der Waals surface area contributed by atoms with Crippen LogP contribution in [0.3, 0.4) is 0 Å². The molecule has 1 heterocycles. The minimum absolute atomic E-state index is 0.254. The molecule has 96 valence electrons. The summed E-state index contributed by atoms with van der Waals surface area (Å²) >= 11 is 3.35. The van der Waals surface area contributed by atoms with Gasteiger partial charge in [0.1, 0.15) is 5.82 Å². The van der Waals surface area contributed by atoms with Crippen LogP contribution in [0.1, 0.15) is 5.56 Å². The monoisotopic (exact) mass is 318 g/mol. The quantitative estimate of drug-likeness (QED) is 0.721. The van der Waals surface area contributed by atoms with Crippen LogP contribution in [0.4, 0.5) is 10.1 Å². The fraction of sp³-hybridized carbons (Fsp3) is 0.0667. The van der Waals surface area contributed by atoms with Crippen molar-refractivity contribution in [1.82, 2.24) is 4.98 Å². The van der Waals surface area contributed by atoms with Gasteiger partial charge in [0, 0.05) is 28.1 Å². The third kappa shape index (κ3) is 2.36. The zero-order valence-corrected chi connectivity index (χ0v) is 11.7. The fourth-order valence-corrected chi connectivity index (χ4v) is 2.64. The summed E-state index contributed by atoms with van der Waals surface area (Å²) in [6, 6.07) is 13.0. The number of aromatic nitrogens is 1. The van der Waals surface area contributed by atoms with E-state index in [1.165, 1.54) is 6.07 Å². The Hall–Kier alpha value is -1.81. The van der Waals surface area contributed by atoms with E-state index in [0.29, 0.717) is 12.2 Å². The van der Waals surface area contributed by atoms with Crippen LogP contribution < -0.4 is 5.32 Å². The van der Waals surface area contributed by atoms with E-state index >= 15 is 0 Å². The van der Waals surface area contributed by atoms with Crippen molar-refractivity contribution in [2.45, 2.75) is 6.54 Å². The van der Waals surface area contributed by atoms with Crippen molar-refractivity contribution in [3.63, 3.8) is 0 Å². The molecule has 0 spiro atoms. The van der Waals surface area contributed by atoms with Crippen molar-refractivity contribution in [3.8, 4) is 0 Å². The lowest BCUT2D eigenvalue weighted by atomic mass is 10.1. The average Bonchev–Trinajstić information content (AvgIpc) is 2.87. The second-order valence-electron chi connectivity index (χ2n) is 4.31. The molecule has 0 amide bonds. The maximum absolute atomic E-state index is 13.7. The topological polar surface area (TPSA) is 27.8 Å². The van der Waals surface area contributed by atoms with E-state index in [9.17, 15) is 4.39 Å². The highest BCUT2D eigenvalue weighted by atomic mass is 79.9. The predicted molar refractivity (Wildman–Crippen MR) is 79.7 cm³/mol. The molecule has 2 aromatic carbocycles. The second kappa shape index (κ2) is 5.05. The van der Waals surface area contributed by atoms with Crippen LogP contribution in [0, 0.1) is 5.82 Å². The molecule has 0 aliphatic heterocycles. The van der Waals surface area contributed by atoms with Crippen molar-refractivity contribution < 1.29 is 4.39 Å². The molecule has 0 atom stereocenters. The molecule has 3 aromatic rings. The number of halogens is 2. The number of benzene rings is 2. The van der Waals surface area contributed by atoms with Crippen molar-refractivity contribution in [3.05, 3.63) is 64.5 Å². The number of nitrogens with one attached hydrogen (secondary N) is 2. The molecular formula is C15H12BrFN2. The summed E-state index contributed by atoms with van der Waals surface area (Å²) in [6.45, 7) is 0.578. The highest BCUT2D eigenvalue weighted by molar-refractivity contribution is 9.10. The van der Waals surface area contributed by atoms with Crippen LogP contribution in [0.15, 0.2) is 53.1 Å². The summed E-state index contributed by atoms with van der Waals surface area (Å²) in [7, 11) is 0. The molecule has 0 saturated heterocycles. The Morgan fingerprint density at radius 1 is 1.11 bits per heavy atom. The minimum Gasteiger partial charge on any atom is -0.378 e. The maximum Gasteiger partial charge on any atom is 0.147 e. The smallest absolute Gasteiger partial charge is 0.147 e. The van der Waals surface area contributed by atoms with E-state index in [4.69, 9.17) is 0 Å². The van der Waals surface area contributed by atoms with Crippen molar-refractivity contribution in [1.29, 1.82) is 0 Å². The van der Waals surface area contributed by atoms with Gasteiger partial charge >= 0.3 is 0 Å². The number of anilines is 1. The average molecular weight is 319 g/mol. The van der Waals surface area contributed by atoms with Gasteiger partial charge in [-0.05, 0) is 45.8 Å². The van der Waals surface area contributed by atoms with Crippen molar-refractivity contribution in [2.24, 2.45) is 0 Å². The summed E-state index contributed by atoms with van der Waals surface area (Å²) in [4.78, 5) is 3.17. The number of hydrogen-bond acceptors (Lipinski definition) is 1. The van der Waals surface area contributed by atoms with Gasteiger partial charge in [-0.1, -0.05) is 18.2 Å². The van der Waals surface area contributed by atoms with Gasteiger partial charge in [0.25, 0.3) is 0 Å². The second-order valence-corrected chi connectivity index (χ2v) is 5.16. The van der Waals surface area contributed by atoms with Crippen LogP contribution in [0.25, 0.3) is 10.9 Å². The van der Waals surface area contributed by atoms with Crippen LogP contribution in [-0.2, 0) is 6.54 Å². The molecule has 0 fully saturated rings. The first-order valence-corrected chi connectivity index (χ1v) is 6.78. The lowest BCUT2D eigenvalue weighted by Gasteiger charge is -2.10. The summed E-state index contributed by atoms with van der Waals surface area (Å²) in [5.41, 5.74) is 2.72. The van der Waals surface area contributed by atoms with Gasteiger partial charge < -0.3 is 10.3 Å². The standard InChI is InChI=1S/C15H12BrFN2/c16-12-4-2-5-13(17)15(12)19-9-10-3-1-6-14-11(10)7-8-18-14/h1-8,18-19H,9H2. The van der Waals surface area contributed by atoms with E-state index in [-0.39, 0.29) is 5.82 Å². The lowest BCUT2D eigenvalue weighted by Crippen LogP contribution is -2.02. The Bertz CT molecular complexity index is 701. The molecule has 0 unspecified atom stereocenters. The number of aromatic amines is 1. The molecule has 2 nitrogen and oxygen atoms in total. The van der Waals surface area contributed by atoms with Gasteiger partial charge in [-0.15, -0.1) is 0 Å². The Balaban J connectivity index is 1.88. The van der Waals surface area contributed by atoms with E-state index in [1.807, 2.05) is 36.5 Å². The fourth-order valence-electron chi connectivity index (χ4n) is 2.15. The van der Waals surface area contributed by atoms with Crippen LogP contribution in [0.2, 0.25) is 0 Å². The molecule has 19 heavy (non-hydrogen) atoms. The minimum atomic E-state index is -0.254. The molecular weight excluding hydrogens is 307 g/mol. The van der Waals surface area contributed by atoms with Gasteiger partial charge in [0.05, 0.1) is 5.69 Å². The van der Waals surface area contributed by atoms with E-state index in [1.54, 1.807) is 6.07 Å². The van der Waals surface area contributed by atoms with Gasteiger partial charge in [-0.25, -0.2) is 4.39 Å². The molecule has 0 bridgehead atoms. The Morgan fingerprint density at radius 3 is 2.79 bits per heavy atom. The molecule has 4 heteroatoms. The first-order valence-electron chi connectivity index (χ1n) is 5.98. The molecule has 3 rings (SSSR count). The predicted octanol–water partition coefficient (Wildman–Crippen LogP) is 4.68. The number of H-pyrrole nitrogens is 1. The Morgan fingerprint density at radius 2 is 1.95 bits per heavy atom. The van der Waals surface area contributed by atoms with E-state index < -0.39 is 0 Å². The third-order valence-corrected chi connectivity index (χ3v) is 3.76. The molecule has 0 radical (unpaired) electrons. The molecule has 2 N–H and O–H groups in total. The Kier molecular flexibility index (Phi) is 3.25. The normalized spacial score (nSPS) is 10.8. The largest absolute Gasteiger partial charge is 0.378 e. The van der Waals surface area contributed by atoms with Crippen LogP contribution >= 0.6 is 15.9 Å². The summed E-state index contributed by atoms with van der Waals surface area (Å²) < 4.78 is 14.4. The molecule has 0 saturated carbocycles. The van der Waals surface area contributed by atoms with Gasteiger partial charge in [-0.3, -0.25) is 0 Å². The van der Waals surface area contributed by atoms with Gasteiger partial charge in [0.2, 0.25) is 0 Å². The maximum atomic E-state index is 13.7. The first kappa shape index (κ1) is 12.2. The summed E-state index contributed by atoms with van der Waals surface area (Å²) in [5.74, 6) is -0.254. The highest BCUT2D eigenvalue weighted by Crippen LogP contribution is 2.26. The number of para-hydroxylation sites is 1. The Labute approximate surface area is 118 Å². The highest BCUT2D eigenvalue weighted by Gasteiger charge is 2.07. The summed E-state index contributed by atoms with van der Waals surface area (Å²) in [5, 5.41) is 4.30. The van der Waals surface area contributed by atoms with E-state index in [2.05, 4.69) is 26.2 Å². The van der Waals surface area contributed by atoms with Crippen molar-refractivity contribution >= 4 is 32.5 Å². The van der Waals surface area contributed by atoms with Gasteiger partial charge in [0.15, 0.2) is 0 Å². The molecule has 1 aromatic heterocycles. The SMILES string of the molecule is Fc1cccc(Br)c1NCc1cccc2[nH]ccc12. The number of fused-ring (bicyclic) bond motifs is 1. The van der Waals surface area contributed by atoms with Gasteiger partial charge in [-0.2, -0.15) is 0 Å². The zero-order valence-electron chi connectivity index (χ0n) is 10.1. The number of rotatable bonds is 3. The molecule has 0 aliphatic carbocycles. The van der Waals surface area contributed by atoms with E-state index in [0.717, 1.165) is 20.9 Å². The van der Waals surface area contributed by atoms with Crippen LogP contribution in [-0.4, -0.2) is 4.98 Å². The molecule has 0 aliphatic rings. The number of hydrogen-bond donors (Lipinski definition) is 2. The van der Waals surface area contributed by atoms with Crippen LogP contribution in [0.5, 0.6) is 0 Å². The first-order chi connectivity index (χ1) is 9.25. The zero-order chi connectivity index (χ0) is 13.2. The summed E-state index contributed by atoms with van der Waals surface area (Å²) in [6.07, 6.45) is 1.91. The van der Waals surface area contributed by atoms with Crippen molar-refractivity contribution in [2.75, 3.05) is 5.32 Å². The third-order valence-electron chi connectivity index (χ3n) is 3.10.